The summed E-state index contributed by atoms with van der Waals surface area (Å²) in [5, 5.41) is 0. The Hall–Kier alpha value is -0.120. The third-order valence-electron chi connectivity index (χ3n) is 5.85. The van der Waals surface area contributed by atoms with E-state index in [4.69, 9.17) is 0 Å². The van der Waals surface area contributed by atoms with Gasteiger partial charge in [-0.2, -0.15) is 0 Å². The second-order valence-corrected chi connectivity index (χ2v) is 8.65. The Morgan fingerprint density at radius 1 is 0.286 bits per heavy atom. The Bertz CT molecular complexity index is 288. The topological polar surface area (TPSA) is 9.72 Å². The molecule has 28 heavy (non-hydrogen) atoms. The van der Waals surface area contributed by atoms with Crippen LogP contribution in [0, 0.1) is 0 Å². The minimum absolute atomic E-state index is 1.25. The molecular formula is C25H55N3. The van der Waals surface area contributed by atoms with E-state index in [9.17, 15) is 0 Å². The zero-order valence-electron chi connectivity index (χ0n) is 20.5. The summed E-state index contributed by atoms with van der Waals surface area (Å²) in [4.78, 5) is 8.22. The Morgan fingerprint density at radius 3 is 0.821 bits per heavy atom. The average molecular weight is 398 g/mol. The first-order valence-corrected chi connectivity index (χ1v) is 12.9. The van der Waals surface area contributed by atoms with Crippen molar-refractivity contribution < 1.29 is 0 Å². The first-order chi connectivity index (χ1) is 13.7. The largest absolute Gasteiger partial charge is 0.302 e. The summed E-state index contributed by atoms with van der Waals surface area (Å²) in [6, 6.07) is 0. The molecule has 0 unspecified atom stereocenters. The molecule has 3 heteroatoms. The Morgan fingerprint density at radius 2 is 0.536 bits per heavy atom. The average Bonchev–Trinajstić information content (AvgIpc) is 2.71. The number of rotatable bonds is 22. The van der Waals surface area contributed by atoms with E-state index in [0.29, 0.717) is 0 Å². The van der Waals surface area contributed by atoms with Gasteiger partial charge in [0.2, 0.25) is 0 Å². The normalized spacial score (nSPS) is 12.0. The van der Waals surface area contributed by atoms with Crippen LogP contribution < -0.4 is 0 Å². The van der Waals surface area contributed by atoms with Crippen molar-refractivity contribution in [1.82, 2.24) is 14.7 Å². The molecule has 0 aliphatic rings. The molecule has 0 bridgehead atoms. The maximum absolute atomic E-state index is 2.76. The third-order valence-corrected chi connectivity index (χ3v) is 5.85. The van der Waals surface area contributed by atoms with Crippen LogP contribution in [0.5, 0.6) is 0 Å². The van der Waals surface area contributed by atoms with Gasteiger partial charge in [-0.1, -0.05) is 73.1 Å². The van der Waals surface area contributed by atoms with Crippen molar-refractivity contribution in [3.05, 3.63) is 0 Å². The third kappa shape index (κ3) is 16.8. The van der Waals surface area contributed by atoms with Gasteiger partial charge in [-0.05, 0) is 64.8 Å². The van der Waals surface area contributed by atoms with Crippen LogP contribution in [0.15, 0.2) is 0 Å². The molecule has 0 amide bonds. The molecule has 0 fully saturated rings. The summed E-state index contributed by atoms with van der Waals surface area (Å²) in [5.74, 6) is 0. The highest BCUT2D eigenvalue weighted by molar-refractivity contribution is 4.67. The molecular weight excluding hydrogens is 342 g/mol. The SMILES string of the molecule is CCCCCN(CCCC)CCN(CCCC)CCN(CCCC)CCCC. The van der Waals surface area contributed by atoms with Gasteiger partial charge in [0.25, 0.3) is 0 Å². The Balaban J connectivity index is 4.51. The van der Waals surface area contributed by atoms with Gasteiger partial charge in [-0.15, -0.1) is 0 Å². The summed E-state index contributed by atoms with van der Waals surface area (Å²) < 4.78 is 0. The highest BCUT2D eigenvalue weighted by Gasteiger charge is 2.11. The van der Waals surface area contributed by atoms with E-state index in [-0.39, 0.29) is 0 Å². The van der Waals surface area contributed by atoms with Gasteiger partial charge in [-0.25, -0.2) is 0 Å². The molecule has 0 radical (unpaired) electrons. The molecule has 0 saturated carbocycles. The fourth-order valence-electron chi connectivity index (χ4n) is 3.68. The highest BCUT2D eigenvalue weighted by atomic mass is 15.2. The predicted molar refractivity (Wildman–Crippen MR) is 128 cm³/mol. The summed E-state index contributed by atoms with van der Waals surface area (Å²) in [5.41, 5.74) is 0. The molecule has 0 heterocycles. The highest BCUT2D eigenvalue weighted by Crippen LogP contribution is 2.05. The fraction of sp³-hybridized carbons (Fsp3) is 1.00. The van der Waals surface area contributed by atoms with E-state index < -0.39 is 0 Å². The molecule has 0 aliphatic carbocycles. The maximum Gasteiger partial charge on any atom is 0.0110 e. The Kier molecular flexibility index (Phi) is 21.5. The molecule has 0 N–H and O–H groups in total. The quantitative estimate of drug-likeness (QED) is 0.199. The van der Waals surface area contributed by atoms with E-state index in [1.54, 1.807) is 0 Å². The van der Waals surface area contributed by atoms with Crippen LogP contribution in [0.4, 0.5) is 0 Å². The molecule has 0 saturated heterocycles. The molecule has 0 rings (SSSR count). The lowest BCUT2D eigenvalue weighted by molar-refractivity contribution is 0.169. The van der Waals surface area contributed by atoms with Crippen LogP contribution in [-0.2, 0) is 0 Å². The Labute approximate surface area is 179 Å². The van der Waals surface area contributed by atoms with Crippen LogP contribution in [0.3, 0.4) is 0 Å². The van der Waals surface area contributed by atoms with Gasteiger partial charge in [0.05, 0.1) is 0 Å². The lowest BCUT2D eigenvalue weighted by atomic mass is 10.2. The molecule has 0 aromatic carbocycles. The number of hydrogen-bond acceptors (Lipinski definition) is 3. The molecule has 0 atom stereocenters. The van der Waals surface area contributed by atoms with E-state index in [1.807, 2.05) is 0 Å². The second-order valence-electron chi connectivity index (χ2n) is 8.65. The monoisotopic (exact) mass is 397 g/mol. The van der Waals surface area contributed by atoms with E-state index in [2.05, 4.69) is 49.3 Å². The van der Waals surface area contributed by atoms with Gasteiger partial charge in [0.15, 0.2) is 0 Å². The van der Waals surface area contributed by atoms with Crippen molar-refractivity contribution in [3.63, 3.8) is 0 Å². The van der Waals surface area contributed by atoms with Gasteiger partial charge >= 0.3 is 0 Å². The van der Waals surface area contributed by atoms with Gasteiger partial charge < -0.3 is 14.7 Å². The zero-order chi connectivity index (χ0) is 20.9. The van der Waals surface area contributed by atoms with E-state index in [0.717, 1.165) is 0 Å². The van der Waals surface area contributed by atoms with Crippen molar-refractivity contribution in [2.24, 2.45) is 0 Å². The number of unbranched alkanes of at least 4 members (excludes halogenated alkanes) is 6. The van der Waals surface area contributed by atoms with Crippen LogP contribution in [0.2, 0.25) is 0 Å². The van der Waals surface area contributed by atoms with Crippen molar-refractivity contribution in [2.75, 3.05) is 58.9 Å². The molecule has 0 aliphatic heterocycles. The number of nitrogens with zero attached hydrogens (tertiary/aromatic N) is 3. The zero-order valence-corrected chi connectivity index (χ0v) is 20.5. The smallest absolute Gasteiger partial charge is 0.0110 e. The first-order valence-electron chi connectivity index (χ1n) is 12.9. The fourth-order valence-corrected chi connectivity index (χ4v) is 3.68. The van der Waals surface area contributed by atoms with Crippen molar-refractivity contribution in [3.8, 4) is 0 Å². The van der Waals surface area contributed by atoms with Crippen LogP contribution in [0.25, 0.3) is 0 Å². The number of hydrogen-bond donors (Lipinski definition) is 0. The van der Waals surface area contributed by atoms with Gasteiger partial charge in [0.1, 0.15) is 0 Å². The van der Waals surface area contributed by atoms with Crippen LogP contribution in [-0.4, -0.2) is 73.6 Å². The first kappa shape index (κ1) is 27.9. The van der Waals surface area contributed by atoms with Gasteiger partial charge in [-0.3, -0.25) is 0 Å². The van der Waals surface area contributed by atoms with Crippen molar-refractivity contribution in [1.29, 1.82) is 0 Å². The minimum atomic E-state index is 1.25. The summed E-state index contributed by atoms with van der Waals surface area (Å²) in [7, 11) is 0. The molecule has 0 aromatic heterocycles. The molecule has 0 aromatic rings. The predicted octanol–water partition coefficient (Wildman–Crippen LogP) is 6.28. The minimum Gasteiger partial charge on any atom is -0.302 e. The van der Waals surface area contributed by atoms with Gasteiger partial charge in [0, 0.05) is 26.2 Å². The van der Waals surface area contributed by atoms with Crippen LogP contribution >= 0.6 is 0 Å². The van der Waals surface area contributed by atoms with Crippen LogP contribution in [0.1, 0.15) is 105 Å². The summed E-state index contributed by atoms with van der Waals surface area (Å²) in [6.07, 6.45) is 14.7. The molecule has 0 spiro atoms. The molecule has 3 nitrogen and oxygen atoms in total. The maximum atomic E-state index is 2.76. The van der Waals surface area contributed by atoms with Crippen molar-refractivity contribution in [2.45, 2.75) is 105 Å². The lowest BCUT2D eigenvalue weighted by Gasteiger charge is -2.30. The standard InChI is InChI=1S/C25H55N3/c1-6-11-16-21-27(19-14-9-4)23-25-28(20-15-10-5)24-22-26(17-12-7-2)18-13-8-3/h6-25H2,1-5H3. The van der Waals surface area contributed by atoms with E-state index in [1.165, 1.54) is 130 Å². The second kappa shape index (κ2) is 21.6. The van der Waals surface area contributed by atoms with Crippen molar-refractivity contribution >= 4 is 0 Å². The summed E-state index contributed by atoms with van der Waals surface area (Å²) >= 11 is 0. The van der Waals surface area contributed by atoms with E-state index >= 15 is 0 Å². The molecule has 170 valence electrons. The summed E-state index contributed by atoms with van der Waals surface area (Å²) in [6.45, 7) is 23.1. The lowest BCUT2D eigenvalue weighted by Crippen LogP contribution is -2.41.